The fourth-order valence-electron chi connectivity index (χ4n) is 6.97. The van der Waals surface area contributed by atoms with Gasteiger partial charge >= 0.3 is 5.97 Å². The Labute approximate surface area is 378 Å². The van der Waals surface area contributed by atoms with Crippen molar-refractivity contribution in [2.45, 2.75) is 123 Å². The number of primary amides is 1. The van der Waals surface area contributed by atoms with Crippen molar-refractivity contribution in [3.8, 4) is 0 Å². The SMILES string of the molecule is CC(C)C[C@H]1NC(=O)[C@@H](C(C)C)NC(=O)CNC(=O)CNC(=O)[C@H](C(C)C)NC(=O)[C@H](Cc2ccccc2)N(C)C(=O)[C@H](C(C)C)NC(=O)[C@@H](CC(N)=O)NC(=O)[C@H](N)[C@@]2(CN2)OC1=O. The second-order valence-electron chi connectivity index (χ2n) is 18.0. The van der Waals surface area contributed by atoms with Crippen molar-refractivity contribution in [1.82, 2.24) is 47.4 Å². The number of rotatable bonds is 9. The topological polar surface area (TPSA) is 341 Å². The van der Waals surface area contributed by atoms with Crippen molar-refractivity contribution < 1.29 is 52.7 Å². The van der Waals surface area contributed by atoms with E-state index in [1.54, 1.807) is 85.7 Å². The zero-order valence-corrected chi connectivity index (χ0v) is 38.6. The van der Waals surface area contributed by atoms with Crippen LogP contribution in [0, 0.1) is 23.7 Å². The molecule has 65 heavy (non-hydrogen) atoms. The molecule has 2 saturated heterocycles. The molecule has 1 spiro atoms. The van der Waals surface area contributed by atoms with Crippen molar-refractivity contribution in [2.24, 2.45) is 35.1 Å². The van der Waals surface area contributed by atoms with Crippen LogP contribution in [0.1, 0.15) is 73.8 Å². The predicted molar refractivity (Wildman–Crippen MR) is 235 cm³/mol. The van der Waals surface area contributed by atoms with Gasteiger partial charge in [-0.15, -0.1) is 0 Å². The van der Waals surface area contributed by atoms with Gasteiger partial charge in [-0.25, -0.2) is 4.79 Å². The lowest BCUT2D eigenvalue weighted by Crippen LogP contribution is -2.62. The minimum atomic E-state index is -1.79. The molecule has 9 amide bonds. The van der Waals surface area contributed by atoms with Gasteiger partial charge in [-0.1, -0.05) is 85.7 Å². The van der Waals surface area contributed by atoms with E-state index in [0.29, 0.717) is 5.56 Å². The maximum atomic E-state index is 14.4. The highest BCUT2D eigenvalue weighted by atomic mass is 16.6. The van der Waals surface area contributed by atoms with E-state index in [2.05, 4.69) is 42.5 Å². The summed E-state index contributed by atoms with van der Waals surface area (Å²) < 4.78 is 5.72. The summed E-state index contributed by atoms with van der Waals surface area (Å²) in [5.74, 6) is -10.3. The lowest BCUT2D eigenvalue weighted by atomic mass is 9.97. The van der Waals surface area contributed by atoms with E-state index in [4.69, 9.17) is 16.2 Å². The van der Waals surface area contributed by atoms with Crippen LogP contribution >= 0.6 is 0 Å². The Morgan fingerprint density at radius 2 is 1.23 bits per heavy atom. The van der Waals surface area contributed by atoms with E-state index in [-0.39, 0.29) is 25.3 Å². The number of nitrogens with two attached hydrogens (primary N) is 2. The quantitative estimate of drug-likeness (QED) is 0.0863. The summed E-state index contributed by atoms with van der Waals surface area (Å²) in [5.41, 5.74) is 10.7. The molecule has 2 aliphatic rings. The van der Waals surface area contributed by atoms with Crippen LogP contribution in [-0.2, 0) is 59.1 Å². The first-order valence-electron chi connectivity index (χ1n) is 21.7. The molecule has 3 rings (SSSR count). The first kappa shape index (κ1) is 53.2. The standard InChI is InChI=1S/C43H67N11O11/c1-21(2)15-27-42(64)65-43(20-48-43)35(45)40(62)49-26(17-29(44)55)36(58)53-34(24(7)8)41(63)54(9)28(16-25-13-11-10-12-14-25)37(59)52-32(22(3)4)38(60)47-18-30(56)46-19-31(57)51-33(23(5)6)39(61)50-27/h10-14,21-24,26-28,32-35,48H,15-20,45H2,1-9H3,(H2,44,55)(H,46,56)(H,47,60)(H,49,62)(H,50,61)(H,51,57)(H,52,59)(H,53,58)/t26-,27-,28+,32+,33-,34+,35+,43-/m1/s1. The third-order valence-electron chi connectivity index (χ3n) is 10.9. The maximum absolute atomic E-state index is 14.4. The van der Waals surface area contributed by atoms with Gasteiger partial charge in [0.1, 0.15) is 42.3 Å². The lowest BCUT2D eigenvalue weighted by molar-refractivity contribution is -0.159. The molecule has 1 aromatic rings. The molecule has 8 atom stereocenters. The van der Waals surface area contributed by atoms with Crippen LogP contribution in [0.3, 0.4) is 0 Å². The molecule has 1 aromatic carbocycles. The summed E-state index contributed by atoms with van der Waals surface area (Å²) in [6.45, 7) is 12.2. The number of likely N-dealkylation sites (N-methyl/N-ethyl adjacent to an activating group) is 1. The zero-order chi connectivity index (χ0) is 48.9. The van der Waals surface area contributed by atoms with Crippen LogP contribution in [0.5, 0.6) is 0 Å². The minimum Gasteiger partial charge on any atom is -0.439 e. The van der Waals surface area contributed by atoms with Gasteiger partial charge in [-0.05, 0) is 35.7 Å². The van der Waals surface area contributed by atoms with Gasteiger partial charge in [-0.3, -0.25) is 48.5 Å². The molecular formula is C43H67N11O11. The normalized spacial score (nSPS) is 27.8. The second-order valence-corrected chi connectivity index (χ2v) is 18.0. The maximum Gasteiger partial charge on any atom is 0.330 e. The molecule has 0 aliphatic carbocycles. The van der Waals surface area contributed by atoms with Crippen molar-refractivity contribution in [1.29, 1.82) is 0 Å². The predicted octanol–water partition coefficient (Wildman–Crippen LogP) is -3.21. The molecule has 0 bridgehead atoms. The van der Waals surface area contributed by atoms with Crippen molar-refractivity contribution in [2.75, 3.05) is 26.7 Å². The zero-order valence-electron chi connectivity index (χ0n) is 38.6. The van der Waals surface area contributed by atoms with Crippen LogP contribution in [0.2, 0.25) is 0 Å². The number of nitrogens with one attached hydrogen (secondary N) is 8. The summed E-state index contributed by atoms with van der Waals surface area (Å²) in [6.07, 6.45) is -0.682. The summed E-state index contributed by atoms with van der Waals surface area (Å²) in [5, 5.41) is 20.5. The van der Waals surface area contributed by atoms with E-state index in [1.807, 2.05) is 0 Å². The molecule has 2 fully saturated rings. The lowest BCUT2D eigenvalue weighted by Gasteiger charge is -2.34. The third kappa shape index (κ3) is 15.5. The molecule has 2 heterocycles. The van der Waals surface area contributed by atoms with E-state index in [0.717, 1.165) is 4.90 Å². The van der Waals surface area contributed by atoms with Crippen molar-refractivity contribution in [3.05, 3.63) is 35.9 Å². The molecule has 12 N–H and O–H groups in total. The Hall–Kier alpha value is -6.16. The Balaban J connectivity index is 2.06. The third-order valence-corrected chi connectivity index (χ3v) is 10.9. The summed E-state index contributed by atoms with van der Waals surface area (Å²) >= 11 is 0. The van der Waals surface area contributed by atoms with Crippen LogP contribution in [-0.4, -0.2) is 139 Å². The van der Waals surface area contributed by atoms with Crippen molar-refractivity contribution in [3.63, 3.8) is 0 Å². The highest BCUT2D eigenvalue weighted by Gasteiger charge is 2.56. The average Bonchev–Trinajstić information content (AvgIpc) is 4.02. The van der Waals surface area contributed by atoms with E-state index < -0.39 is 144 Å². The molecule has 0 radical (unpaired) electrons. The van der Waals surface area contributed by atoms with Gasteiger partial charge < -0.3 is 58.3 Å². The van der Waals surface area contributed by atoms with Crippen LogP contribution < -0.4 is 54.0 Å². The van der Waals surface area contributed by atoms with Gasteiger partial charge in [0.15, 0.2) is 0 Å². The van der Waals surface area contributed by atoms with E-state index >= 15 is 0 Å². The summed E-state index contributed by atoms with van der Waals surface area (Å²) in [6, 6.07) is -0.880. The van der Waals surface area contributed by atoms with E-state index in [9.17, 15) is 47.9 Å². The number of amides is 9. The van der Waals surface area contributed by atoms with Gasteiger partial charge in [0.05, 0.1) is 26.1 Å². The molecular weight excluding hydrogens is 847 g/mol. The number of esters is 1. The highest BCUT2D eigenvalue weighted by molar-refractivity contribution is 5.98. The van der Waals surface area contributed by atoms with Crippen molar-refractivity contribution >= 4 is 59.1 Å². The highest BCUT2D eigenvalue weighted by Crippen LogP contribution is 2.25. The summed E-state index contributed by atoms with van der Waals surface area (Å²) in [4.78, 5) is 136. The fourth-order valence-corrected chi connectivity index (χ4v) is 6.97. The van der Waals surface area contributed by atoms with Crippen LogP contribution in [0.15, 0.2) is 30.3 Å². The first-order chi connectivity index (χ1) is 30.4. The Morgan fingerprint density at radius 3 is 1.77 bits per heavy atom. The van der Waals surface area contributed by atoms with Gasteiger partial charge in [0.25, 0.3) is 0 Å². The Bertz CT molecular complexity index is 1920. The number of hydrogen-bond acceptors (Lipinski definition) is 13. The molecule has 22 heteroatoms. The van der Waals surface area contributed by atoms with Gasteiger partial charge in [0.2, 0.25) is 58.9 Å². The number of benzene rings is 1. The molecule has 360 valence electrons. The number of ether oxygens (including phenoxy) is 1. The number of nitrogens with zero attached hydrogens (tertiary/aromatic N) is 1. The first-order valence-corrected chi connectivity index (χ1v) is 21.7. The van der Waals surface area contributed by atoms with Crippen LogP contribution in [0.4, 0.5) is 0 Å². The monoisotopic (exact) mass is 914 g/mol. The fraction of sp³-hybridized carbons (Fsp3) is 0.628. The molecule has 0 aromatic heterocycles. The molecule has 0 saturated carbocycles. The van der Waals surface area contributed by atoms with Gasteiger partial charge in [-0.2, -0.15) is 0 Å². The number of carbonyl (C=O) groups is 10. The molecule has 0 unspecified atom stereocenters. The molecule has 22 nitrogen and oxygen atoms in total. The average molecular weight is 914 g/mol. The Morgan fingerprint density at radius 1 is 0.692 bits per heavy atom. The van der Waals surface area contributed by atoms with Crippen LogP contribution in [0.25, 0.3) is 0 Å². The smallest absolute Gasteiger partial charge is 0.330 e. The van der Waals surface area contributed by atoms with E-state index in [1.165, 1.54) is 7.05 Å². The van der Waals surface area contributed by atoms with Gasteiger partial charge in [0, 0.05) is 13.5 Å². The summed E-state index contributed by atoms with van der Waals surface area (Å²) in [7, 11) is 1.35. The minimum absolute atomic E-state index is 0.0271. The Kier molecular flexibility index (Phi) is 19.4. The largest absolute Gasteiger partial charge is 0.439 e. The number of carbonyl (C=O) groups excluding carboxylic acids is 10. The molecule has 2 aliphatic heterocycles. The second kappa shape index (κ2) is 23.7. The number of hydrogen-bond donors (Lipinski definition) is 10.